The second kappa shape index (κ2) is 9.27. The van der Waals surface area contributed by atoms with Crippen LogP contribution in [-0.4, -0.2) is 36.3 Å². The number of aromatic amines is 1. The number of H-pyrrole nitrogens is 1. The van der Waals surface area contributed by atoms with Crippen LogP contribution in [0.25, 0.3) is 11.3 Å². The summed E-state index contributed by atoms with van der Waals surface area (Å²) in [6, 6.07) is 20.0. The van der Waals surface area contributed by atoms with Crippen molar-refractivity contribution < 1.29 is 9.47 Å². The van der Waals surface area contributed by atoms with Gasteiger partial charge in [0.25, 0.3) is 0 Å². The monoisotopic (exact) mass is 466 g/mol. The van der Waals surface area contributed by atoms with E-state index in [0.717, 1.165) is 71.3 Å². The number of para-hydroxylation sites is 1. The molecule has 0 saturated carbocycles. The summed E-state index contributed by atoms with van der Waals surface area (Å²) >= 11 is 0. The zero-order valence-corrected chi connectivity index (χ0v) is 19.3. The molecule has 0 bridgehead atoms. The summed E-state index contributed by atoms with van der Waals surface area (Å²) in [5.74, 6) is 1.64. The Labute approximate surface area is 203 Å². The number of anilines is 2. The van der Waals surface area contributed by atoms with E-state index in [2.05, 4.69) is 32.3 Å². The van der Waals surface area contributed by atoms with Crippen molar-refractivity contribution in [2.75, 3.05) is 36.5 Å². The molecule has 0 atom stereocenters. The second-order valence-electron chi connectivity index (χ2n) is 8.82. The first-order chi connectivity index (χ1) is 17.2. The van der Waals surface area contributed by atoms with Crippen LogP contribution in [0.1, 0.15) is 16.7 Å². The number of ether oxygens (including phenoxy) is 2. The van der Waals surface area contributed by atoms with Crippen molar-refractivity contribution in [3.8, 4) is 22.8 Å². The fourth-order valence-electron chi connectivity index (χ4n) is 4.68. The molecule has 7 heteroatoms. The molecule has 2 aliphatic rings. The van der Waals surface area contributed by atoms with E-state index in [1.165, 1.54) is 5.56 Å². The third-order valence-electron chi connectivity index (χ3n) is 6.49. The molecule has 2 N–H and O–H groups in total. The van der Waals surface area contributed by atoms with Crippen LogP contribution in [0.15, 0.2) is 77.9 Å². The Morgan fingerprint density at radius 1 is 0.971 bits per heavy atom. The van der Waals surface area contributed by atoms with Gasteiger partial charge in [-0.05, 0) is 53.6 Å². The Balaban J connectivity index is 1.27. The minimum Gasteiger partial charge on any atom is -0.456 e. The molecule has 1 saturated heterocycles. The van der Waals surface area contributed by atoms with Crippen LogP contribution in [-0.2, 0) is 17.7 Å². The first kappa shape index (κ1) is 21.4. The number of benzene rings is 2. The normalized spacial score (nSPS) is 14.6. The fourth-order valence-corrected chi connectivity index (χ4v) is 4.68. The number of nitrogens with one attached hydrogen (secondary N) is 2. The molecular weight excluding hydrogens is 440 g/mol. The van der Waals surface area contributed by atoms with Gasteiger partial charge in [-0.15, -0.1) is 0 Å². The molecule has 2 aliphatic heterocycles. The molecule has 4 heterocycles. The molecule has 7 nitrogen and oxygen atoms in total. The highest BCUT2D eigenvalue weighted by molar-refractivity contribution is 5.74. The maximum absolute atomic E-state index is 12.5. The Morgan fingerprint density at radius 3 is 2.69 bits per heavy atom. The van der Waals surface area contributed by atoms with Gasteiger partial charge < -0.3 is 24.7 Å². The van der Waals surface area contributed by atoms with Gasteiger partial charge in [-0.2, -0.15) is 0 Å². The lowest BCUT2D eigenvalue weighted by molar-refractivity contribution is 0.122. The van der Waals surface area contributed by atoms with Gasteiger partial charge in [0.15, 0.2) is 0 Å². The maximum Gasteiger partial charge on any atom is 0.250 e. The average molecular weight is 467 g/mol. The predicted octanol–water partition coefficient (Wildman–Crippen LogP) is 4.58. The number of hydrogen-bond donors (Lipinski definition) is 2. The molecule has 6 rings (SSSR count). The first-order valence-electron chi connectivity index (χ1n) is 11.9. The van der Waals surface area contributed by atoms with E-state index in [-0.39, 0.29) is 5.56 Å². The van der Waals surface area contributed by atoms with E-state index in [1.54, 1.807) is 18.5 Å². The minimum atomic E-state index is -0.122. The van der Waals surface area contributed by atoms with Crippen molar-refractivity contribution in [2.45, 2.75) is 13.0 Å². The van der Waals surface area contributed by atoms with Gasteiger partial charge in [0.2, 0.25) is 5.56 Å². The summed E-state index contributed by atoms with van der Waals surface area (Å²) in [5.41, 5.74) is 6.89. The Hall–Kier alpha value is -4.10. The quantitative estimate of drug-likeness (QED) is 0.395. The minimum absolute atomic E-state index is 0.122. The van der Waals surface area contributed by atoms with E-state index in [4.69, 9.17) is 9.47 Å². The fraction of sp³-hybridized carbons (Fsp3) is 0.214. The number of morpholine rings is 1. The molecule has 4 aromatic rings. The smallest absolute Gasteiger partial charge is 0.250 e. The van der Waals surface area contributed by atoms with Crippen LogP contribution in [0.5, 0.6) is 11.5 Å². The van der Waals surface area contributed by atoms with Crippen LogP contribution in [0.3, 0.4) is 0 Å². The van der Waals surface area contributed by atoms with E-state index in [9.17, 15) is 4.79 Å². The van der Waals surface area contributed by atoms with Gasteiger partial charge >= 0.3 is 0 Å². The molecule has 176 valence electrons. The summed E-state index contributed by atoms with van der Waals surface area (Å²) in [4.78, 5) is 21.8. The molecule has 35 heavy (non-hydrogen) atoms. The van der Waals surface area contributed by atoms with Crippen molar-refractivity contribution in [1.29, 1.82) is 0 Å². The topological polar surface area (TPSA) is 79.5 Å². The molecule has 0 spiro atoms. The molecule has 2 aromatic carbocycles. The van der Waals surface area contributed by atoms with Crippen molar-refractivity contribution in [3.05, 3.63) is 100 Å². The van der Waals surface area contributed by atoms with Crippen LogP contribution in [0.2, 0.25) is 0 Å². The third-order valence-corrected chi connectivity index (χ3v) is 6.49. The highest BCUT2D eigenvalue weighted by atomic mass is 16.5. The number of rotatable bonds is 5. The number of nitrogens with zero attached hydrogens (tertiary/aromatic N) is 2. The largest absolute Gasteiger partial charge is 0.456 e. The lowest BCUT2D eigenvalue weighted by Crippen LogP contribution is -2.36. The lowest BCUT2D eigenvalue weighted by atomic mass is 9.96. The van der Waals surface area contributed by atoms with Gasteiger partial charge in [-0.25, -0.2) is 0 Å². The van der Waals surface area contributed by atoms with Gasteiger partial charge in [-0.3, -0.25) is 9.78 Å². The summed E-state index contributed by atoms with van der Waals surface area (Å²) in [6.07, 6.45) is 4.36. The predicted molar refractivity (Wildman–Crippen MR) is 136 cm³/mol. The zero-order valence-electron chi connectivity index (χ0n) is 19.3. The van der Waals surface area contributed by atoms with Crippen LogP contribution in [0, 0.1) is 0 Å². The summed E-state index contributed by atoms with van der Waals surface area (Å²) in [5, 5.41) is 3.48. The second-order valence-corrected chi connectivity index (χ2v) is 8.82. The molecule has 2 aromatic heterocycles. The zero-order chi connectivity index (χ0) is 23.6. The number of pyridine rings is 2. The Morgan fingerprint density at radius 2 is 1.83 bits per heavy atom. The maximum atomic E-state index is 12.5. The summed E-state index contributed by atoms with van der Waals surface area (Å²) in [7, 11) is 0. The summed E-state index contributed by atoms with van der Waals surface area (Å²) < 4.78 is 11.9. The standard InChI is InChI=1S/C28H26N4O3/c33-27-17-23(32-10-12-34-13-11-32)16-25(31-27)24-3-1-2-20-14-21-15-22(4-5-26(21)35-28(20)24)30-18-19-6-8-29-9-7-19/h1-9,15-17,30H,10-14,18H2,(H,31,33). The molecule has 1 fully saturated rings. The van der Waals surface area contributed by atoms with Crippen LogP contribution in [0.4, 0.5) is 11.4 Å². The van der Waals surface area contributed by atoms with E-state index in [1.807, 2.05) is 42.5 Å². The lowest BCUT2D eigenvalue weighted by Gasteiger charge is -2.29. The van der Waals surface area contributed by atoms with Gasteiger partial charge in [0, 0.05) is 67.0 Å². The average Bonchev–Trinajstić information content (AvgIpc) is 2.91. The van der Waals surface area contributed by atoms with Crippen LogP contribution < -0.4 is 20.5 Å². The number of fused-ring (bicyclic) bond motifs is 2. The molecule has 0 aliphatic carbocycles. The molecular formula is C28H26N4O3. The van der Waals surface area contributed by atoms with Crippen molar-refractivity contribution in [1.82, 2.24) is 9.97 Å². The van der Waals surface area contributed by atoms with Gasteiger partial charge in [0.05, 0.1) is 18.9 Å². The molecule has 0 unspecified atom stereocenters. The first-order valence-corrected chi connectivity index (χ1v) is 11.9. The van der Waals surface area contributed by atoms with Gasteiger partial charge in [0.1, 0.15) is 11.5 Å². The van der Waals surface area contributed by atoms with E-state index in [0.29, 0.717) is 13.2 Å². The van der Waals surface area contributed by atoms with Crippen molar-refractivity contribution in [2.24, 2.45) is 0 Å². The molecule has 0 radical (unpaired) electrons. The number of aromatic nitrogens is 2. The van der Waals surface area contributed by atoms with Gasteiger partial charge in [-0.1, -0.05) is 12.1 Å². The molecule has 0 amide bonds. The van der Waals surface area contributed by atoms with Crippen molar-refractivity contribution >= 4 is 11.4 Å². The SMILES string of the molecule is O=c1cc(N2CCOCC2)cc(-c2cccc3c2Oc2ccc(NCc4ccncc4)cc2C3)[nH]1. The Kier molecular flexibility index (Phi) is 5.68. The van der Waals surface area contributed by atoms with Crippen molar-refractivity contribution in [3.63, 3.8) is 0 Å². The summed E-state index contributed by atoms with van der Waals surface area (Å²) in [6.45, 7) is 3.62. The number of hydrogen-bond acceptors (Lipinski definition) is 6. The highest BCUT2D eigenvalue weighted by Gasteiger charge is 2.22. The highest BCUT2D eigenvalue weighted by Crippen LogP contribution is 2.43. The van der Waals surface area contributed by atoms with E-state index >= 15 is 0 Å². The van der Waals surface area contributed by atoms with E-state index < -0.39 is 0 Å². The Bertz CT molecular complexity index is 1410. The van der Waals surface area contributed by atoms with Crippen LogP contribution >= 0.6 is 0 Å². The third kappa shape index (κ3) is 4.50.